The lowest BCUT2D eigenvalue weighted by Crippen LogP contribution is -2.42. The van der Waals surface area contributed by atoms with E-state index in [0.717, 1.165) is 6.54 Å². The van der Waals surface area contributed by atoms with Gasteiger partial charge in [0.2, 0.25) is 0 Å². The number of aromatic nitrogens is 1. The van der Waals surface area contributed by atoms with Gasteiger partial charge in [-0.1, -0.05) is 11.6 Å². The summed E-state index contributed by atoms with van der Waals surface area (Å²) >= 11 is 5.52. The number of rotatable bonds is 2. The van der Waals surface area contributed by atoms with E-state index in [0.29, 0.717) is 10.6 Å². The van der Waals surface area contributed by atoms with Crippen LogP contribution in [0.5, 0.6) is 0 Å². The lowest BCUT2D eigenvalue weighted by molar-refractivity contribution is 0.0697. The van der Waals surface area contributed by atoms with Gasteiger partial charge >= 0.3 is 5.97 Å². The standard InChI is InChI=1S/C12H17N3.C7H5ClO2/c1-3-11(9-13-6-1)15-8-5-12(10-15)4-2-7-14-12;8-6-3-1-5(2-4-6)7(9)10/h1,3,6,9,14H,2,4-5,7-8,10H2;1-4H,(H,9,10). The van der Waals surface area contributed by atoms with Gasteiger partial charge in [-0.05, 0) is 62.2 Å². The number of anilines is 1. The minimum atomic E-state index is -0.934. The van der Waals surface area contributed by atoms with Gasteiger partial charge in [-0.15, -0.1) is 0 Å². The second-order valence-corrected chi connectivity index (χ2v) is 6.94. The summed E-state index contributed by atoms with van der Waals surface area (Å²) in [5.74, 6) is -0.934. The molecule has 0 radical (unpaired) electrons. The number of pyridine rings is 1. The molecule has 1 aromatic heterocycles. The summed E-state index contributed by atoms with van der Waals surface area (Å²) in [5, 5.41) is 12.6. The molecule has 25 heavy (non-hydrogen) atoms. The quantitative estimate of drug-likeness (QED) is 0.859. The van der Waals surface area contributed by atoms with Crippen LogP contribution in [0.1, 0.15) is 29.6 Å². The Labute approximate surface area is 152 Å². The van der Waals surface area contributed by atoms with Crippen LogP contribution in [0.2, 0.25) is 5.02 Å². The lowest BCUT2D eigenvalue weighted by Gasteiger charge is -2.25. The molecule has 132 valence electrons. The molecule has 3 heterocycles. The number of carboxylic acids is 1. The molecule has 1 unspecified atom stereocenters. The molecule has 0 aliphatic carbocycles. The molecule has 2 N–H and O–H groups in total. The zero-order valence-corrected chi connectivity index (χ0v) is 14.7. The van der Waals surface area contributed by atoms with Crippen molar-refractivity contribution in [3.8, 4) is 0 Å². The Morgan fingerprint density at radius 3 is 2.64 bits per heavy atom. The minimum absolute atomic E-state index is 0.254. The Bertz CT molecular complexity index is 700. The number of nitrogens with zero attached hydrogens (tertiary/aromatic N) is 2. The van der Waals surface area contributed by atoms with Crippen LogP contribution in [-0.2, 0) is 0 Å². The van der Waals surface area contributed by atoms with E-state index in [2.05, 4.69) is 21.3 Å². The summed E-state index contributed by atoms with van der Waals surface area (Å²) in [6.45, 7) is 3.51. The average Bonchev–Trinajstić information content (AvgIpc) is 3.27. The Hall–Kier alpha value is -2.11. The number of aromatic carboxylic acids is 1. The molecule has 0 bridgehead atoms. The van der Waals surface area contributed by atoms with Gasteiger partial charge in [-0.25, -0.2) is 4.79 Å². The van der Waals surface area contributed by atoms with Crippen molar-refractivity contribution in [2.24, 2.45) is 0 Å². The topological polar surface area (TPSA) is 65.5 Å². The van der Waals surface area contributed by atoms with E-state index in [1.807, 2.05) is 18.5 Å². The Morgan fingerprint density at radius 2 is 2.04 bits per heavy atom. The fourth-order valence-electron chi connectivity index (χ4n) is 3.44. The number of nitrogens with one attached hydrogen (secondary N) is 1. The van der Waals surface area contributed by atoms with Crippen molar-refractivity contribution >= 4 is 23.3 Å². The zero-order valence-electron chi connectivity index (χ0n) is 14.0. The van der Waals surface area contributed by atoms with Gasteiger partial charge in [-0.3, -0.25) is 4.98 Å². The second kappa shape index (κ2) is 7.85. The van der Waals surface area contributed by atoms with Crippen molar-refractivity contribution in [2.75, 3.05) is 24.5 Å². The van der Waals surface area contributed by atoms with Gasteiger partial charge in [0.05, 0.1) is 17.4 Å². The van der Waals surface area contributed by atoms with Gasteiger partial charge < -0.3 is 15.3 Å². The van der Waals surface area contributed by atoms with E-state index in [4.69, 9.17) is 16.7 Å². The van der Waals surface area contributed by atoms with Crippen molar-refractivity contribution in [3.63, 3.8) is 0 Å². The molecule has 2 aromatic rings. The largest absolute Gasteiger partial charge is 0.478 e. The monoisotopic (exact) mass is 359 g/mol. The first-order chi connectivity index (χ1) is 12.1. The number of carboxylic acid groups (broad SMARTS) is 1. The Balaban J connectivity index is 0.000000160. The van der Waals surface area contributed by atoms with Crippen LogP contribution in [-0.4, -0.2) is 41.2 Å². The lowest BCUT2D eigenvalue weighted by atomic mass is 9.97. The highest BCUT2D eigenvalue weighted by Crippen LogP contribution is 2.32. The first-order valence-corrected chi connectivity index (χ1v) is 8.85. The van der Waals surface area contributed by atoms with Crippen LogP contribution in [0.3, 0.4) is 0 Å². The van der Waals surface area contributed by atoms with Crippen LogP contribution >= 0.6 is 11.6 Å². The molecule has 2 aliphatic rings. The predicted molar refractivity (Wildman–Crippen MR) is 99.4 cm³/mol. The van der Waals surface area contributed by atoms with Gasteiger partial charge in [0.25, 0.3) is 0 Å². The number of halogens is 1. The summed E-state index contributed by atoms with van der Waals surface area (Å²) in [7, 11) is 0. The molecule has 1 atom stereocenters. The summed E-state index contributed by atoms with van der Waals surface area (Å²) < 4.78 is 0. The molecule has 1 aromatic carbocycles. The average molecular weight is 360 g/mol. The van der Waals surface area contributed by atoms with Crippen molar-refractivity contribution in [1.29, 1.82) is 0 Å². The van der Waals surface area contributed by atoms with Crippen LogP contribution in [0.4, 0.5) is 5.69 Å². The maximum absolute atomic E-state index is 10.3. The fourth-order valence-corrected chi connectivity index (χ4v) is 3.57. The molecule has 6 heteroatoms. The maximum atomic E-state index is 10.3. The highest BCUT2D eigenvalue weighted by molar-refractivity contribution is 6.30. The van der Waals surface area contributed by atoms with Gasteiger partial charge in [0, 0.05) is 29.8 Å². The normalized spacial score (nSPS) is 21.9. The predicted octanol–water partition coefficient (Wildman–Crippen LogP) is 3.45. The maximum Gasteiger partial charge on any atom is 0.335 e. The summed E-state index contributed by atoms with van der Waals surface area (Å²) in [4.78, 5) is 16.9. The zero-order chi connectivity index (χ0) is 17.7. The third kappa shape index (κ3) is 4.50. The van der Waals surface area contributed by atoms with E-state index < -0.39 is 5.97 Å². The third-order valence-electron chi connectivity index (χ3n) is 4.79. The number of hydrogen-bond donors (Lipinski definition) is 2. The number of carbonyl (C=O) groups is 1. The van der Waals surface area contributed by atoms with Crippen molar-refractivity contribution in [3.05, 3.63) is 59.4 Å². The highest BCUT2D eigenvalue weighted by atomic mass is 35.5. The third-order valence-corrected chi connectivity index (χ3v) is 5.04. The molecule has 4 rings (SSSR count). The smallest absolute Gasteiger partial charge is 0.335 e. The van der Waals surface area contributed by atoms with Crippen LogP contribution < -0.4 is 10.2 Å². The Morgan fingerprint density at radius 1 is 1.24 bits per heavy atom. The van der Waals surface area contributed by atoms with Crippen molar-refractivity contribution in [2.45, 2.75) is 24.8 Å². The van der Waals surface area contributed by atoms with Gasteiger partial charge in [0.15, 0.2) is 0 Å². The molecule has 0 amide bonds. The van der Waals surface area contributed by atoms with E-state index in [1.165, 1.54) is 50.2 Å². The molecule has 0 saturated carbocycles. The molecule has 2 aliphatic heterocycles. The minimum Gasteiger partial charge on any atom is -0.478 e. The SMILES string of the molecule is O=C(O)c1ccc(Cl)cc1.c1cncc(N2CCC3(CCCN3)C2)c1. The van der Waals surface area contributed by atoms with E-state index in [9.17, 15) is 4.79 Å². The second-order valence-electron chi connectivity index (χ2n) is 6.51. The fraction of sp³-hybridized carbons (Fsp3) is 0.368. The molecule has 1 spiro atoms. The Kier molecular flexibility index (Phi) is 5.56. The van der Waals surface area contributed by atoms with Crippen molar-refractivity contribution in [1.82, 2.24) is 10.3 Å². The summed E-state index contributed by atoms with van der Waals surface area (Å²) in [5.41, 5.74) is 1.93. The van der Waals surface area contributed by atoms with Crippen LogP contribution in [0.15, 0.2) is 48.8 Å². The van der Waals surface area contributed by atoms with Crippen molar-refractivity contribution < 1.29 is 9.90 Å². The molecule has 5 nitrogen and oxygen atoms in total. The first-order valence-electron chi connectivity index (χ1n) is 8.47. The number of benzene rings is 1. The summed E-state index contributed by atoms with van der Waals surface area (Å²) in [6, 6.07) is 10.2. The van der Waals surface area contributed by atoms with E-state index >= 15 is 0 Å². The van der Waals surface area contributed by atoms with Crippen LogP contribution in [0, 0.1) is 0 Å². The molecule has 2 fully saturated rings. The summed E-state index contributed by atoms with van der Waals surface area (Å²) in [6.07, 6.45) is 7.75. The van der Waals surface area contributed by atoms with Gasteiger partial charge in [0.1, 0.15) is 0 Å². The molecular formula is C19H22ClN3O2. The van der Waals surface area contributed by atoms with Crippen LogP contribution in [0.25, 0.3) is 0 Å². The van der Waals surface area contributed by atoms with E-state index in [1.54, 1.807) is 12.1 Å². The van der Waals surface area contributed by atoms with E-state index in [-0.39, 0.29) is 5.56 Å². The highest BCUT2D eigenvalue weighted by Gasteiger charge is 2.39. The molecule has 2 saturated heterocycles. The van der Waals surface area contributed by atoms with Gasteiger partial charge in [-0.2, -0.15) is 0 Å². The molecular weight excluding hydrogens is 338 g/mol. The first kappa shape index (κ1) is 17.7. The number of hydrogen-bond acceptors (Lipinski definition) is 4.